The van der Waals surface area contributed by atoms with Crippen LogP contribution in [0.2, 0.25) is 0 Å². The van der Waals surface area contributed by atoms with Crippen LogP contribution in [-0.2, 0) is 25.5 Å². The third-order valence-electron chi connectivity index (χ3n) is 6.83. The highest BCUT2D eigenvalue weighted by Crippen LogP contribution is 2.61. The van der Waals surface area contributed by atoms with E-state index in [0.29, 0.717) is 23.0 Å². The second-order valence-electron chi connectivity index (χ2n) is 9.46. The van der Waals surface area contributed by atoms with E-state index in [1.165, 1.54) is 16.7 Å². The molecular weight excluding hydrogens is 444 g/mol. The Hall–Kier alpha value is -3.28. The van der Waals surface area contributed by atoms with E-state index in [1.807, 2.05) is 0 Å². The summed E-state index contributed by atoms with van der Waals surface area (Å²) in [5.74, 6) is 1.80. The van der Waals surface area contributed by atoms with Gasteiger partial charge in [0.15, 0.2) is 0 Å². The quantitative estimate of drug-likeness (QED) is 0.232. The lowest BCUT2D eigenvalue weighted by molar-refractivity contribution is -0.140. The molecule has 2 aliphatic carbocycles. The van der Waals surface area contributed by atoms with Gasteiger partial charge in [-0.3, -0.25) is 0 Å². The van der Waals surface area contributed by atoms with Gasteiger partial charge in [-0.05, 0) is 63.0 Å². The molecular formula is C29H34O6. The minimum atomic E-state index is -0.411. The van der Waals surface area contributed by atoms with Crippen LogP contribution < -0.4 is 9.47 Å². The summed E-state index contributed by atoms with van der Waals surface area (Å²) in [5.41, 5.74) is 4.40. The van der Waals surface area contributed by atoms with Crippen LogP contribution in [0.1, 0.15) is 68.6 Å². The third-order valence-corrected chi connectivity index (χ3v) is 6.83. The summed E-state index contributed by atoms with van der Waals surface area (Å²) in [6.07, 6.45) is 4.26. The predicted octanol–water partition coefficient (Wildman–Crippen LogP) is 5.76. The molecule has 2 aliphatic rings. The first-order valence-electron chi connectivity index (χ1n) is 12.3. The highest BCUT2D eigenvalue weighted by molar-refractivity contribution is 5.97. The molecule has 6 heteroatoms. The second kappa shape index (κ2) is 10.5. The van der Waals surface area contributed by atoms with Gasteiger partial charge in [0.1, 0.15) is 37.9 Å². The van der Waals surface area contributed by atoms with Gasteiger partial charge in [-0.1, -0.05) is 32.2 Å². The summed E-state index contributed by atoms with van der Waals surface area (Å²) in [4.78, 5) is 23.5. The van der Waals surface area contributed by atoms with Crippen molar-refractivity contribution in [1.82, 2.24) is 0 Å². The van der Waals surface area contributed by atoms with Crippen molar-refractivity contribution in [3.8, 4) is 11.5 Å². The summed E-state index contributed by atoms with van der Waals surface area (Å²) in [7, 11) is 0. The normalized spacial score (nSPS) is 17.7. The smallest absolute Gasteiger partial charge is 0.333 e. The fourth-order valence-corrected chi connectivity index (χ4v) is 5.16. The zero-order valence-electron chi connectivity index (χ0n) is 20.9. The van der Waals surface area contributed by atoms with Crippen LogP contribution in [-0.4, -0.2) is 38.4 Å². The molecule has 0 aliphatic heterocycles. The van der Waals surface area contributed by atoms with E-state index >= 15 is 0 Å². The molecule has 0 radical (unpaired) electrons. The zero-order valence-corrected chi connectivity index (χ0v) is 20.9. The molecule has 2 aromatic rings. The number of carbonyl (C=O) groups is 2. The Kier molecular flexibility index (Phi) is 7.48. The maximum atomic E-state index is 11.8. The fourth-order valence-electron chi connectivity index (χ4n) is 5.16. The number of hydrogen-bond acceptors (Lipinski definition) is 6. The molecule has 1 saturated carbocycles. The Morgan fingerprint density at radius 1 is 0.829 bits per heavy atom. The zero-order chi connectivity index (χ0) is 25.1. The topological polar surface area (TPSA) is 71.1 Å². The average Bonchev–Trinajstić information content (AvgIpc) is 3.46. The minimum absolute atomic E-state index is 0.162. The molecule has 0 aromatic heterocycles. The lowest BCUT2D eigenvalue weighted by atomic mass is 9.86. The summed E-state index contributed by atoms with van der Waals surface area (Å²) >= 11 is 0. The molecule has 1 fully saturated rings. The minimum Gasteiger partial charge on any atom is -0.489 e. The third kappa shape index (κ3) is 5.07. The maximum absolute atomic E-state index is 11.8. The Bertz CT molecular complexity index is 1180. The lowest BCUT2D eigenvalue weighted by Crippen LogP contribution is -2.16. The van der Waals surface area contributed by atoms with E-state index in [2.05, 4.69) is 38.3 Å². The second-order valence-corrected chi connectivity index (χ2v) is 9.46. The summed E-state index contributed by atoms with van der Waals surface area (Å²) in [5, 5.41) is 2.00. The predicted molar refractivity (Wildman–Crippen MR) is 135 cm³/mol. The van der Waals surface area contributed by atoms with Crippen molar-refractivity contribution in [3.05, 3.63) is 59.2 Å². The Morgan fingerprint density at radius 2 is 1.34 bits per heavy atom. The van der Waals surface area contributed by atoms with Gasteiger partial charge in [-0.2, -0.15) is 0 Å². The molecule has 0 N–H and O–H groups in total. The Morgan fingerprint density at radius 3 is 1.83 bits per heavy atom. The van der Waals surface area contributed by atoms with Gasteiger partial charge in [-0.15, -0.1) is 0 Å². The number of fused-ring (bicyclic) bond motifs is 6. The first-order chi connectivity index (χ1) is 16.8. The van der Waals surface area contributed by atoms with Crippen molar-refractivity contribution in [1.29, 1.82) is 0 Å². The largest absolute Gasteiger partial charge is 0.489 e. The molecule has 2 bridgehead atoms. The van der Waals surface area contributed by atoms with E-state index in [9.17, 15) is 9.59 Å². The molecule has 2 aromatic carbocycles. The van der Waals surface area contributed by atoms with Crippen LogP contribution in [0.25, 0.3) is 10.8 Å². The van der Waals surface area contributed by atoms with E-state index < -0.39 is 11.9 Å². The monoisotopic (exact) mass is 478 g/mol. The van der Waals surface area contributed by atoms with Crippen molar-refractivity contribution in [2.45, 2.75) is 58.3 Å². The molecule has 0 saturated heterocycles. The van der Waals surface area contributed by atoms with Gasteiger partial charge < -0.3 is 18.9 Å². The fraction of sp³-hybridized carbons (Fsp3) is 0.448. The molecule has 6 nitrogen and oxygen atoms in total. The van der Waals surface area contributed by atoms with Gasteiger partial charge in [0.05, 0.1) is 0 Å². The van der Waals surface area contributed by atoms with E-state index in [4.69, 9.17) is 18.9 Å². The van der Waals surface area contributed by atoms with Crippen LogP contribution in [0.3, 0.4) is 0 Å². The van der Waals surface area contributed by atoms with Gasteiger partial charge >= 0.3 is 11.9 Å². The molecule has 186 valence electrons. The number of aryl methyl sites for hydroxylation is 1. The first-order valence-corrected chi connectivity index (χ1v) is 12.3. The Balaban J connectivity index is 1.66. The van der Waals surface area contributed by atoms with Crippen molar-refractivity contribution in [2.24, 2.45) is 0 Å². The summed E-state index contributed by atoms with van der Waals surface area (Å²) in [6, 6.07) is 6.39. The molecule has 0 heterocycles. The molecule has 2 atom stereocenters. The van der Waals surface area contributed by atoms with Gasteiger partial charge in [0, 0.05) is 33.0 Å². The van der Waals surface area contributed by atoms with Crippen molar-refractivity contribution in [3.63, 3.8) is 0 Å². The number of carbonyl (C=O) groups excluding carboxylic acids is 2. The van der Waals surface area contributed by atoms with Crippen molar-refractivity contribution < 1.29 is 28.5 Å². The van der Waals surface area contributed by atoms with Crippen LogP contribution in [0.5, 0.6) is 11.5 Å². The Labute approximate surface area is 206 Å². The number of esters is 2. The van der Waals surface area contributed by atoms with Gasteiger partial charge in [0.25, 0.3) is 0 Å². The lowest BCUT2D eigenvalue weighted by Gasteiger charge is -2.25. The number of benzene rings is 2. The van der Waals surface area contributed by atoms with Crippen molar-refractivity contribution in [2.75, 3.05) is 26.4 Å². The average molecular weight is 479 g/mol. The number of ether oxygens (including phenoxy) is 4. The van der Waals surface area contributed by atoms with Gasteiger partial charge in [-0.25, -0.2) is 9.59 Å². The summed E-state index contributed by atoms with van der Waals surface area (Å²) < 4.78 is 23.2. The number of hydrogen-bond donors (Lipinski definition) is 0. The van der Waals surface area contributed by atoms with Crippen LogP contribution in [0.4, 0.5) is 0 Å². The highest BCUT2D eigenvalue weighted by Gasteiger charge is 2.42. The standard InChI is InChI=1S/C29H34O6/c1-6-19-7-10-22-23(15-19)27(33-12-14-35-29(31)18(4)5)25-21-9-8-20(16-21)24(25)26(22)32-11-13-34-28(30)17(2)3/h7,10,15,20-21H,2,4,6,8-9,11-14,16H2,1,3,5H3. The molecule has 35 heavy (non-hydrogen) atoms. The van der Waals surface area contributed by atoms with Crippen LogP contribution in [0, 0.1) is 0 Å². The van der Waals surface area contributed by atoms with Crippen molar-refractivity contribution >= 4 is 22.7 Å². The summed E-state index contributed by atoms with van der Waals surface area (Å²) in [6.45, 7) is 13.5. The maximum Gasteiger partial charge on any atom is 0.333 e. The van der Waals surface area contributed by atoms with E-state index in [0.717, 1.165) is 48.0 Å². The SMILES string of the molecule is C=C(C)C(=O)OCCOc1c2c(c(OCCOC(=O)C(=C)C)c3cc(CC)ccc13)C1CCC2C1. The molecule has 0 amide bonds. The number of rotatable bonds is 11. The molecule has 4 rings (SSSR count). The molecule has 2 unspecified atom stereocenters. The van der Waals surface area contributed by atoms with E-state index in [1.54, 1.807) is 13.8 Å². The first kappa shape index (κ1) is 24.8. The van der Waals surface area contributed by atoms with Crippen LogP contribution in [0.15, 0.2) is 42.5 Å². The van der Waals surface area contributed by atoms with Crippen LogP contribution >= 0.6 is 0 Å². The van der Waals surface area contributed by atoms with Gasteiger partial charge in [0.2, 0.25) is 0 Å². The van der Waals surface area contributed by atoms with E-state index in [-0.39, 0.29) is 26.4 Å². The highest BCUT2D eigenvalue weighted by atomic mass is 16.6. The molecule has 0 spiro atoms.